The van der Waals surface area contributed by atoms with Gasteiger partial charge in [0, 0.05) is 7.11 Å². The van der Waals surface area contributed by atoms with E-state index in [1.54, 1.807) is 7.11 Å². The van der Waals surface area contributed by atoms with Crippen molar-refractivity contribution in [2.75, 3.05) is 12.8 Å². The van der Waals surface area contributed by atoms with Crippen molar-refractivity contribution < 1.29 is 9.15 Å². The average molecular weight is 298 g/mol. The molecule has 0 saturated heterocycles. The maximum Gasteiger partial charge on any atom is 0.198 e. The van der Waals surface area contributed by atoms with Gasteiger partial charge in [0.15, 0.2) is 11.6 Å². The van der Waals surface area contributed by atoms with E-state index in [0.29, 0.717) is 34.2 Å². The number of methoxy groups -OCH3 is 1. The van der Waals surface area contributed by atoms with Gasteiger partial charge < -0.3 is 14.9 Å². The van der Waals surface area contributed by atoms with Gasteiger partial charge in [0.2, 0.25) is 0 Å². The second kappa shape index (κ2) is 4.85. The third kappa shape index (κ3) is 2.48. The van der Waals surface area contributed by atoms with Crippen LogP contribution < -0.4 is 5.73 Å². The van der Waals surface area contributed by atoms with Crippen molar-refractivity contribution in [3.63, 3.8) is 0 Å². The third-order valence-corrected chi connectivity index (χ3v) is 3.05. The van der Waals surface area contributed by atoms with E-state index in [1.165, 1.54) is 0 Å². The first-order chi connectivity index (χ1) is 8.11. The quantitative estimate of drug-likeness (QED) is 0.942. The highest BCUT2D eigenvalue weighted by Crippen LogP contribution is 2.26. The summed E-state index contributed by atoms with van der Waals surface area (Å²) in [5.41, 5.74) is 6.50. The molecular weight excluding hydrogens is 286 g/mol. The number of furan rings is 1. The van der Waals surface area contributed by atoms with Crippen LogP contribution in [0.4, 0.5) is 5.82 Å². The number of anilines is 1. The number of hydrogen-bond donors (Lipinski definition) is 1. The minimum atomic E-state index is 0.361. The van der Waals surface area contributed by atoms with Crippen LogP contribution in [0.1, 0.15) is 11.5 Å². The molecule has 2 heterocycles. The van der Waals surface area contributed by atoms with Crippen molar-refractivity contribution in [1.82, 2.24) is 9.97 Å². The molecule has 0 aliphatic carbocycles. The average Bonchev–Trinajstić information content (AvgIpc) is 2.71. The second-order valence-corrected chi connectivity index (χ2v) is 4.33. The SMILES string of the molecule is COCc1nc(-c2ccc(C)o2)nc(N)c1Br. The van der Waals surface area contributed by atoms with Gasteiger partial charge in [-0.05, 0) is 35.0 Å². The lowest BCUT2D eigenvalue weighted by Crippen LogP contribution is -2.03. The highest BCUT2D eigenvalue weighted by atomic mass is 79.9. The van der Waals surface area contributed by atoms with E-state index < -0.39 is 0 Å². The molecule has 0 unspecified atom stereocenters. The summed E-state index contributed by atoms with van der Waals surface area (Å²) in [5.74, 6) is 2.24. The van der Waals surface area contributed by atoms with E-state index in [4.69, 9.17) is 14.9 Å². The Hall–Kier alpha value is -1.40. The second-order valence-electron chi connectivity index (χ2n) is 3.54. The first-order valence-electron chi connectivity index (χ1n) is 4.99. The fourth-order valence-electron chi connectivity index (χ4n) is 1.41. The number of ether oxygens (including phenoxy) is 1. The minimum Gasteiger partial charge on any atom is -0.458 e. The molecule has 2 aromatic heterocycles. The number of aryl methyl sites for hydroxylation is 1. The van der Waals surface area contributed by atoms with Crippen LogP contribution in [0.2, 0.25) is 0 Å². The fourth-order valence-corrected chi connectivity index (χ4v) is 1.70. The number of aromatic nitrogens is 2. The lowest BCUT2D eigenvalue weighted by molar-refractivity contribution is 0.181. The summed E-state index contributed by atoms with van der Waals surface area (Å²) in [7, 11) is 1.60. The maximum absolute atomic E-state index is 5.80. The lowest BCUT2D eigenvalue weighted by atomic mass is 10.3. The van der Waals surface area contributed by atoms with Crippen LogP contribution in [0.3, 0.4) is 0 Å². The molecule has 0 aliphatic heterocycles. The Morgan fingerprint density at radius 1 is 1.41 bits per heavy atom. The van der Waals surface area contributed by atoms with E-state index in [9.17, 15) is 0 Å². The normalized spacial score (nSPS) is 10.8. The largest absolute Gasteiger partial charge is 0.458 e. The van der Waals surface area contributed by atoms with Crippen LogP contribution in [-0.4, -0.2) is 17.1 Å². The predicted octanol–water partition coefficient (Wildman–Crippen LogP) is 2.54. The van der Waals surface area contributed by atoms with Crippen LogP contribution in [0.25, 0.3) is 11.6 Å². The summed E-state index contributed by atoms with van der Waals surface area (Å²) in [6, 6.07) is 3.67. The third-order valence-electron chi connectivity index (χ3n) is 2.19. The maximum atomic E-state index is 5.80. The first kappa shape index (κ1) is 12.1. The van der Waals surface area contributed by atoms with Crippen molar-refractivity contribution in [1.29, 1.82) is 0 Å². The molecule has 90 valence electrons. The number of halogens is 1. The Balaban J connectivity index is 2.48. The zero-order chi connectivity index (χ0) is 12.4. The summed E-state index contributed by atoms with van der Waals surface area (Å²) >= 11 is 3.33. The zero-order valence-corrected chi connectivity index (χ0v) is 11.1. The van der Waals surface area contributed by atoms with Gasteiger partial charge in [-0.25, -0.2) is 9.97 Å². The number of nitrogens with zero attached hydrogens (tertiary/aromatic N) is 2. The molecule has 0 amide bonds. The van der Waals surface area contributed by atoms with Gasteiger partial charge in [-0.1, -0.05) is 0 Å². The van der Waals surface area contributed by atoms with E-state index in [-0.39, 0.29) is 0 Å². The molecule has 0 aliphatic rings. The van der Waals surface area contributed by atoms with Gasteiger partial charge in [-0.3, -0.25) is 0 Å². The summed E-state index contributed by atoms with van der Waals surface area (Å²) in [6.45, 7) is 2.22. The molecule has 17 heavy (non-hydrogen) atoms. The lowest BCUT2D eigenvalue weighted by Gasteiger charge is -2.06. The Bertz CT molecular complexity index is 540. The fraction of sp³-hybridized carbons (Fsp3) is 0.273. The highest BCUT2D eigenvalue weighted by Gasteiger charge is 2.13. The number of hydrogen-bond acceptors (Lipinski definition) is 5. The van der Waals surface area contributed by atoms with Crippen LogP contribution in [0.15, 0.2) is 21.0 Å². The van der Waals surface area contributed by atoms with Crippen molar-refractivity contribution >= 4 is 21.7 Å². The smallest absolute Gasteiger partial charge is 0.198 e. The summed E-state index contributed by atoms with van der Waals surface area (Å²) < 4.78 is 11.2. The van der Waals surface area contributed by atoms with Gasteiger partial charge in [-0.15, -0.1) is 0 Å². The molecule has 0 radical (unpaired) electrons. The Morgan fingerprint density at radius 3 is 2.76 bits per heavy atom. The van der Waals surface area contributed by atoms with E-state index in [0.717, 1.165) is 5.76 Å². The highest BCUT2D eigenvalue weighted by molar-refractivity contribution is 9.10. The topological polar surface area (TPSA) is 74.2 Å². The predicted molar refractivity (Wildman–Crippen MR) is 67.3 cm³/mol. The van der Waals surface area contributed by atoms with Crippen LogP contribution in [0, 0.1) is 6.92 Å². The number of nitrogens with two attached hydrogens (primary N) is 1. The molecule has 0 saturated carbocycles. The van der Waals surface area contributed by atoms with Crippen molar-refractivity contribution in [3.05, 3.63) is 28.1 Å². The Labute approximate surface area is 107 Å². The Kier molecular flexibility index (Phi) is 3.44. The van der Waals surface area contributed by atoms with Crippen molar-refractivity contribution in [2.24, 2.45) is 0 Å². The molecular formula is C11H12BrN3O2. The minimum absolute atomic E-state index is 0.361. The van der Waals surface area contributed by atoms with Gasteiger partial charge in [0.05, 0.1) is 16.8 Å². The van der Waals surface area contributed by atoms with E-state index >= 15 is 0 Å². The summed E-state index contributed by atoms with van der Waals surface area (Å²) in [4.78, 5) is 8.52. The monoisotopic (exact) mass is 297 g/mol. The van der Waals surface area contributed by atoms with Gasteiger partial charge in [-0.2, -0.15) is 0 Å². The number of rotatable bonds is 3. The molecule has 0 bridgehead atoms. The zero-order valence-electron chi connectivity index (χ0n) is 9.53. The molecule has 5 nitrogen and oxygen atoms in total. The van der Waals surface area contributed by atoms with Gasteiger partial charge >= 0.3 is 0 Å². The van der Waals surface area contributed by atoms with E-state index in [1.807, 2.05) is 19.1 Å². The van der Waals surface area contributed by atoms with E-state index in [2.05, 4.69) is 25.9 Å². The summed E-state index contributed by atoms with van der Waals surface area (Å²) in [6.07, 6.45) is 0. The van der Waals surface area contributed by atoms with Crippen LogP contribution in [-0.2, 0) is 11.3 Å². The molecule has 0 spiro atoms. The molecule has 0 aromatic carbocycles. The molecule has 0 fully saturated rings. The van der Waals surface area contributed by atoms with Crippen molar-refractivity contribution in [3.8, 4) is 11.6 Å². The van der Waals surface area contributed by atoms with Crippen LogP contribution >= 0.6 is 15.9 Å². The van der Waals surface area contributed by atoms with Crippen LogP contribution in [0.5, 0.6) is 0 Å². The number of nitrogen functional groups attached to an aromatic ring is 1. The molecule has 2 N–H and O–H groups in total. The Morgan fingerprint density at radius 2 is 2.18 bits per heavy atom. The molecule has 0 atom stereocenters. The summed E-state index contributed by atoms with van der Waals surface area (Å²) in [5, 5.41) is 0. The molecule has 2 aromatic rings. The van der Waals surface area contributed by atoms with Gasteiger partial charge in [0.1, 0.15) is 11.6 Å². The molecule has 2 rings (SSSR count). The van der Waals surface area contributed by atoms with Crippen molar-refractivity contribution in [2.45, 2.75) is 13.5 Å². The molecule has 6 heteroatoms. The van der Waals surface area contributed by atoms with Gasteiger partial charge in [0.25, 0.3) is 0 Å². The first-order valence-corrected chi connectivity index (χ1v) is 5.78. The standard InChI is InChI=1S/C11H12BrN3O2/c1-6-3-4-8(17-6)11-14-7(5-16-2)9(12)10(13)15-11/h3-4H,5H2,1-2H3,(H2,13,14,15).